The molecule has 1 aromatic rings. The van der Waals surface area contributed by atoms with Crippen molar-refractivity contribution in [2.45, 2.75) is 39.5 Å². The van der Waals surface area contributed by atoms with E-state index < -0.39 is 0 Å². The van der Waals surface area contributed by atoms with Crippen LogP contribution in [0.15, 0.2) is 12.1 Å². The van der Waals surface area contributed by atoms with Crippen molar-refractivity contribution in [3.63, 3.8) is 0 Å². The highest BCUT2D eigenvalue weighted by molar-refractivity contribution is 6.32. The molecule has 78 valence electrons. The maximum Gasteiger partial charge on any atom is 0.137 e. The van der Waals surface area contributed by atoms with E-state index in [1.54, 1.807) is 0 Å². The largest absolute Gasteiger partial charge is 0.506 e. The van der Waals surface area contributed by atoms with Gasteiger partial charge in [0, 0.05) is 0 Å². The van der Waals surface area contributed by atoms with Gasteiger partial charge in [-0.05, 0) is 36.0 Å². The highest BCUT2D eigenvalue weighted by Crippen LogP contribution is 2.34. The number of hydrogen-bond acceptors (Lipinski definition) is 1. The fourth-order valence-electron chi connectivity index (χ4n) is 1.33. The fourth-order valence-corrected chi connectivity index (χ4v) is 1.60. The average Bonchev–Trinajstić information content (AvgIpc) is 2.13. The Bertz CT molecular complexity index is 319. The first-order chi connectivity index (χ1) is 6.38. The van der Waals surface area contributed by atoms with Crippen molar-refractivity contribution >= 4 is 11.6 Å². The molecule has 1 nitrogen and oxygen atoms in total. The molecule has 0 radical (unpaired) electrons. The molecule has 14 heavy (non-hydrogen) atoms. The van der Waals surface area contributed by atoms with Crippen molar-refractivity contribution in [1.29, 1.82) is 0 Å². The Kier molecular flexibility index (Phi) is 3.10. The highest BCUT2D eigenvalue weighted by Gasteiger charge is 2.19. The SMILES string of the molecule is CCC(C)(C)c1cc(C)c(O)c(Cl)c1. The lowest BCUT2D eigenvalue weighted by Gasteiger charge is -2.24. The molecule has 1 N–H and O–H groups in total. The van der Waals surface area contributed by atoms with Crippen molar-refractivity contribution < 1.29 is 5.11 Å². The molecular weight excluding hydrogens is 196 g/mol. The first kappa shape index (κ1) is 11.4. The third-order valence-electron chi connectivity index (χ3n) is 2.92. The third-order valence-corrected chi connectivity index (χ3v) is 3.21. The van der Waals surface area contributed by atoms with Gasteiger partial charge in [-0.2, -0.15) is 0 Å². The molecule has 0 atom stereocenters. The van der Waals surface area contributed by atoms with Gasteiger partial charge in [-0.25, -0.2) is 0 Å². The Morgan fingerprint density at radius 3 is 2.36 bits per heavy atom. The minimum absolute atomic E-state index is 0.113. The number of hydrogen-bond donors (Lipinski definition) is 1. The van der Waals surface area contributed by atoms with Crippen molar-refractivity contribution in [2.75, 3.05) is 0 Å². The van der Waals surface area contributed by atoms with E-state index in [2.05, 4.69) is 20.8 Å². The summed E-state index contributed by atoms with van der Waals surface area (Å²) in [4.78, 5) is 0. The van der Waals surface area contributed by atoms with Gasteiger partial charge < -0.3 is 5.11 Å². The summed E-state index contributed by atoms with van der Waals surface area (Å²) >= 11 is 5.93. The molecule has 0 heterocycles. The first-order valence-electron chi connectivity index (χ1n) is 4.88. The average molecular weight is 213 g/mol. The standard InChI is InChI=1S/C12H17ClO/c1-5-12(3,4)9-6-8(2)11(14)10(13)7-9/h6-7,14H,5H2,1-4H3. The number of aromatic hydroxyl groups is 1. The van der Waals surface area contributed by atoms with Gasteiger partial charge in [-0.3, -0.25) is 0 Å². The second-order valence-corrected chi connectivity index (χ2v) is 4.77. The molecule has 0 aromatic heterocycles. The molecule has 1 aromatic carbocycles. The van der Waals surface area contributed by atoms with E-state index in [1.165, 1.54) is 5.56 Å². The van der Waals surface area contributed by atoms with Crippen molar-refractivity contribution in [3.05, 3.63) is 28.3 Å². The Balaban J connectivity index is 3.26. The van der Waals surface area contributed by atoms with Gasteiger partial charge >= 0.3 is 0 Å². The molecule has 0 saturated heterocycles. The second kappa shape index (κ2) is 3.82. The highest BCUT2D eigenvalue weighted by atomic mass is 35.5. The zero-order valence-corrected chi connectivity index (χ0v) is 9.94. The molecule has 2 heteroatoms. The molecule has 0 aliphatic heterocycles. The van der Waals surface area contributed by atoms with Gasteiger partial charge in [0.15, 0.2) is 0 Å². The molecular formula is C12H17ClO. The molecule has 0 spiro atoms. The molecule has 0 amide bonds. The zero-order chi connectivity index (χ0) is 10.9. The summed E-state index contributed by atoms with van der Waals surface area (Å²) in [6.45, 7) is 8.37. The predicted octanol–water partition coefficient (Wildman–Crippen LogP) is 4.04. The molecule has 0 unspecified atom stereocenters. The van der Waals surface area contributed by atoms with Gasteiger partial charge in [0.2, 0.25) is 0 Å². The van der Waals surface area contributed by atoms with E-state index in [4.69, 9.17) is 11.6 Å². The summed E-state index contributed by atoms with van der Waals surface area (Å²) in [5.41, 5.74) is 2.14. The van der Waals surface area contributed by atoms with Crippen molar-refractivity contribution in [2.24, 2.45) is 0 Å². The molecule has 0 bridgehead atoms. The van der Waals surface area contributed by atoms with E-state index in [-0.39, 0.29) is 11.2 Å². The Hall–Kier alpha value is -0.690. The maximum absolute atomic E-state index is 9.54. The van der Waals surface area contributed by atoms with Crippen molar-refractivity contribution in [1.82, 2.24) is 0 Å². The summed E-state index contributed by atoms with van der Waals surface area (Å²) < 4.78 is 0. The zero-order valence-electron chi connectivity index (χ0n) is 9.19. The quantitative estimate of drug-likeness (QED) is 0.785. The number of benzene rings is 1. The van der Waals surface area contributed by atoms with E-state index in [0.29, 0.717) is 5.02 Å². The Morgan fingerprint density at radius 1 is 1.36 bits per heavy atom. The van der Waals surface area contributed by atoms with E-state index >= 15 is 0 Å². The van der Waals surface area contributed by atoms with Gasteiger partial charge in [-0.1, -0.05) is 38.4 Å². The Morgan fingerprint density at radius 2 is 1.93 bits per heavy atom. The molecule has 1 rings (SSSR count). The van der Waals surface area contributed by atoms with E-state index in [9.17, 15) is 5.11 Å². The molecule has 0 aliphatic rings. The minimum atomic E-state index is 0.113. The third kappa shape index (κ3) is 2.03. The predicted molar refractivity (Wildman–Crippen MR) is 61.2 cm³/mol. The smallest absolute Gasteiger partial charge is 0.137 e. The normalized spacial score (nSPS) is 11.8. The van der Waals surface area contributed by atoms with Gasteiger partial charge in [0.25, 0.3) is 0 Å². The van der Waals surface area contributed by atoms with E-state index in [1.807, 2.05) is 19.1 Å². The number of phenolic OH excluding ortho intramolecular Hbond substituents is 1. The van der Waals surface area contributed by atoms with Crippen LogP contribution in [0.25, 0.3) is 0 Å². The lowest BCUT2D eigenvalue weighted by molar-refractivity contribution is 0.467. The monoisotopic (exact) mass is 212 g/mol. The summed E-state index contributed by atoms with van der Waals surface area (Å²) in [6, 6.07) is 3.86. The summed E-state index contributed by atoms with van der Waals surface area (Å²) in [5, 5.41) is 9.98. The van der Waals surface area contributed by atoms with Crippen LogP contribution in [0.2, 0.25) is 5.02 Å². The van der Waals surface area contributed by atoms with Crippen LogP contribution >= 0.6 is 11.6 Å². The summed E-state index contributed by atoms with van der Waals surface area (Å²) in [5.74, 6) is 0.197. The van der Waals surface area contributed by atoms with Crippen LogP contribution in [0, 0.1) is 6.92 Å². The van der Waals surface area contributed by atoms with Crippen LogP contribution in [0.4, 0.5) is 0 Å². The lowest BCUT2D eigenvalue weighted by atomic mass is 9.81. The van der Waals surface area contributed by atoms with E-state index in [0.717, 1.165) is 12.0 Å². The van der Waals surface area contributed by atoms with Crippen LogP contribution in [0.3, 0.4) is 0 Å². The second-order valence-electron chi connectivity index (χ2n) is 4.36. The molecule has 0 saturated carbocycles. The van der Waals surface area contributed by atoms with Gasteiger partial charge in [0.05, 0.1) is 5.02 Å². The molecule has 0 aliphatic carbocycles. The number of halogens is 1. The summed E-state index contributed by atoms with van der Waals surface area (Å²) in [6.07, 6.45) is 1.05. The van der Waals surface area contributed by atoms with Gasteiger partial charge in [0.1, 0.15) is 5.75 Å². The number of phenols is 1. The topological polar surface area (TPSA) is 20.2 Å². The maximum atomic E-state index is 9.54. The Labute approximate surface area is 90.7 Å². The minimum Gasteiger partial charge on any atom is -0.506 e. The van der Waals surface area contributed by atoms with Crippen molar-refractivity contribution in [3.8, 4) is 5.75 Å². The first-order valence-corrected chi connectivity index (χ1v) is 5.26. The number of rotatable bonds is 2. The summed E-state index contributed by atoms with van der Waals surface area (Å²) in [7, 11) is 0. The van der Waals surface area contributed by atoms with Gasteiger partial charge in [-0.15, -0.1) is 0 Å². The van der Waals surface area contributed by atoms with Crippen LogP contribution in [0.1, 0.15) is 38.3 Å². The fraction of sp³-hybridized carbons (Fsp3) is 0.500. The van der Waals surface area contributed by atoms with Crippen LogP contribution in [-0.2, 0) is 5.41 Å². The van der Waals surface area contributed by atoms with Crippen LogP contribution in [-0.4, -0.2) is 5.11 Å². The van der Waals surface area contributed by atoms with Crippen LogP contribution < -0.4 is 0 Å². The number of aryl methyl sites for hydroxylation is 1. The lowest BCUT2D eigenvalue weighted by Crippen LogP contribution is -2.15. The molecule has 0 fully saturated rings. The van der Waals surface area contributed by atoms with Crippen LogP contribution in [0.5, 0.6) is 5.75 Å².